The van der Waals surface area contributed by atoms with E-state index in [1.54, 1.807) is 0 Å². The van der Waals surface area contributed by atoms with Crippen LogP contribution < -0.4 is 5.32 Å². The first-order chi connectivity index (χ1) is 9.33. The zero-order valence-corrected chi connectivity index (χ0v) is 12.3. The van der Waals surface area contributed by atoms with Gasteiger partial charge in [-0.15, -0.1) is 10.2 Å². The van der Waals surface area contributed by atoms with E-state index in [1.807, 2.05) is 36.4 Å². The fourth-order valence-electron chi connectivity index (χ4n) is 1.83. The molecule has 0 aliphatic rings. The van der Waals surface area contributed by atoms with E-state index in [9.17, 15) is 0 Å². The van der Waals surface area contributed by atoms with E-state index >= 15 is 0 Å². The second-order valence-electron chi connectivity index (χ2n) is 3.90. The molecule has 5 heteroatoms. The van der Waals surface area contributed by atoms with Crippen LogP contribution in [0.3, 0.4) is 0 Å². The van der Waals surface area contributed by atoms with Gasteiger partial charge in [0.05, 0.1) is 0 Å². The van der Waals surface area contributed by atoms with Crippen LogP contribution in [0.5, 0.6) is 0 Å². The lowest BCUT2D eigenvalue weighted by Gasteiger charge is -2.09. The molecule has 1 N–H and O–H groups in total. The van der Waals surface area contributed by atoms with Crippen molar-refractivity contribution in [3.8, 4) is 11.1 Å². The number of benzene rings is 2. The molecular formula is C14H10BrN3S. The van der Waals surface area contributed by atoms with Crippen LogP contribution in [0.1, 0.15) is 0 Å². The molecule has 0 saturated carbocycles. The lowest BCUT2D eigenvalue weighted by molar-refractivity contribution is 1.07. The summed E-state index contributed by atoms with van der Waals surface area (Å²) in [5.74, 6) is 0. The topological polar surface area (TPSA) is 37.8 Å². The third-order valence-corrected chi connectivity index (χ3v) is 3.93. The van der Waals surface area contributed by atoms with Crippen molar-refractivity contribution in [3.63, 3.8) is 0 Å². The van der Waals surface area contributed by atoms with Crippen molar-refractivity contribution in [1.82, 2.24) is 10.2 Å². The second-order valence-corrected chi connectivity index (χ2v) is 6.15. The summed E-state index contributed by atoms with van der Waals surface area (Å²) in [6, 6.07) is 18.4. The Kier molecular flexibility index (Phi) is 3.57. The van der Waals surface area contributed by atoms with E-state index in [0.717, 1.165) is 20.3 Å². The minimum atomic E-state index is 0.771. The molecule has 0 atom stereocenters. The Labute approximate surface area is 123 Å². The highest BCUT2D eigenvalue weighted by atomic mass is 79.9. The van der Waals surface area contributed by atoms with Crippen LogP contribution in [0.2, 0.25) is 0 Å². The molecule has 3 nitrogen and oxygen atoms in total. The maximum atomic E-state index is 4.06. The molecule has 1 aromatic heterocycles. The number of rotatable bonds is 3. The molecular weight excluding hydrogens is 322 g/mol. The summed E-state index contributed by atoms with van der Waals surface area (Å²) in [5.41, 5.74) is 3.35. The van der Waals surface area contributed by atoms with Crippen LogP contribution in [0.15, 0.2) is 58.5 Å². The molecule has 3 rings (SSSR count). The van der Waals surface area contributed by atoms with Crippen molar-refractivity contribution in [3.05, 3.63) is 58.5 Å². The van der Waals surface area contributed by atoms with Gasteiger partial charge in [0.15, 0.2) is 3.92 Å². The smallest absolute Gasteiger partial charge is 0.210 e. The maximum absolute atomic E-state index is 4.06. The van der Waals surface area contributed by atoms with Gasteiger partial charge in [-0.1, -0.05) is 59.9 Å². The van der Waals surface area contributed by atoms with Crippen LogP contribution >= 0.6 is 27.3 Å². The molecule has 0 saturated heterocycles. The second kappa shape index (κ2) is 5.50. The average molecular weight is 332 g/mol. The van der Waals surface area contributed by atoms with Crippen molar-refractivity contribution in [1.29, 1.82) is 0 Å². The normalized spacial score (nSPS) is 10.4. The lowest BCUT2D eigenvalue weighted by atomic mass is 10.0. The van der Waals surface area contributed by atoms with Crippen LogP contribution in [0, 0.1) is 0 Å². The summed E-state index contributed by atoms with van der Waals surface area (Å²) in [4.78, 5) is 0. The molecule has 2 aromatic carbocycles. The van der Waals surface area contributed by atoms with Gasteiger partial charge in [-0.05, 0) is 27.6 Å². The number of aromatic nitrogens is 2. The highest BCUT2D eigenvalue weighted by molar-refractivity contribution is 9.11. The number of anilines is 2. The monoisotopic (exact) mass is 331 g/mol. The molecule has 0 spiro atoms. The summed E-state index contributed by atoms with van der Waals surface area (Å²) < 4.78 is 0.771. The predicted octanol–water partition coefficient (Wildman–Crippen LogP) is 4.71. The Morgan fingerprint density at radius 1 is 0.895 bits per heavy atom. The zero-order valence-electron chi connectivity index (χ0n) is 9.88. The molecule has 0 aliphatic heterocycles. The molecule has 0 aliphatic carbocycles. The molecule has 19 heavy (non-hydrogen) atoms. The first-order valence-corrected chi connectivity index (χ1v) is 7.34. The SMILES string of the molecule is Brc1nnc(Nc2ccccc2-c2ccccc2)s1. The lowest BCUT2D eigenvalue weighted by Crippen LogP contribution is -1.92. The summed E-state index contributed by atoms with van der Waals surface area (Å²) in [7, 11) is 0. The molecule has 0 amide bonds. The summed E-state index contributed by atoms with van der Waals surface area (Å²) >= 11 is 4.78. The Morgan fingerprint density at radius 2 is 1.63 bits per heavy atom. The Bertz CT molecular complexity index is 682. The number of nitrogens with zero attached hydrogens (tertiary/aromatic N) is 2. The van der Waals surface area contributed by atoms with Gasteiger partial charge in [-0.2, -0.15) is 0 Å². The highest BCUT2D eigenvalue weighted by Crippen LogP contribution is 2.31. The first kappa shape index (κ1) is 12.3. The number of halogens is 1. The van der Waals surface area contributed by atoms with Crippen molar-refractivity contribution in [2.45, 2.75) is 0 Å². The Morgan fingerprint density at radius 3 is 2.37 bits per heavy atom. The van der Waals surface area contributed by atoms with E-state index in [2.05, 4.69) is 49.6 Å². The molecule has 0 bridgehead atoms. The minimum absolute atomic E-state index is 0.771. The fourth-order valence-corrected chi connectivity index (χ4v) is 2.86. The largest absolute Gasteiger partial charge is 0.330 e. The molecule has 1 heterocycles. The van der Waals surface area contributed by atoms with Crippen LogP contribution in [-0.4, -0.2) is 10.2 Å². The number of hydrogen-bond donors (Lipinski definition) is 1. The van der Waals surface area contributed by atoms with Gasteiger partial charge in [0.2, 0.25) is 5.13 Å². The highest BCUT2D eigenvalue weighted by Gasteiger charge is 2.07. The van der Waals surface area contributed by atoms with Gasteiger partial charge in [-0.25, -0.2) is 0 Å². The predicted molar refractivity (Wildman–Crippen MR) is 82.8 cm³/mol. The van der Waals surface area contributed by atoms with Crippen molar-refractivity contribution < 1.29 is 0 Å². The third-order valence-electron chi connectivity index (χ3n) is 2.65. The van der Waals surface area contributed by atoms with Gasteiger partial charge in [0, 0.05) is 11.3 Å². The van der Waals surface area contributed by atoms with E-state index in [1.165, 1.54) is 16.9 Å². The minimum Gasteiger partial charge on any atom is -0.330 e. The first-order valence-electron chi connectivity index (χ1n) is 5.73. The summed E-state index contributed by atoms with van der Waals surface area (Å²) in [5, 5.41) is 12.1. The quantitative estimate of drug-likeness (QED) is 0.755. The van der Waals surface area contributed by atoms with E-state index in [4.69, 9.17) is 0 Å². The maximum Gasteiger partial charge on any atom is 0.210 e. The van der Waals surface area contributed by atoms with Crippen LogP contribution in [0.25, 0.3) is 11.1 Å². The van der Waals surface area contributed by atoms with Gasteiger partial charge >= 0.3 is 0 Å². The summed E-state index contributed by atoms with van der Waals surface area (Å²) in [6.45, 7) is 0. The zero-order chi connectivity index (χ0) is 13.1. The van der Waals surface area contributed by atoms with Gasteiger partial charge < -0.3 is 5.32 Å². The van der Waals surface area contributed by atoms with Crippen LogP contribution in [-0.2, 0) is 0 Å². The fraction of sp³-hybridized carbons (Fsp3) is 0. The molecule has 0 fully saturated rings. The molecule has 0 unspecified atom stereocenters. The van der Waals surface area contributed by atoms with Gasteiger partial charge in [0.25, 0.3) is 0 Å². The standard InChI is InChI=1S/C14H10BrN3S/c15-13-17-18-14(19-13)16-12-9-5-4-8-11(12)10-6-2-1-3-7-10/h1-9H,(H,16,18). The van der Waals surface area contributed by atoms with E-state index < -0.39 is 0 Å². The van der Waals surface area contributed by atoms with Crippen molar-refractivity contribution >= 4 is 38.1 Å². The number of nitrogens with one attached hydrogen (secondary N) is 1. The van der Waals surface area contributed by atoms with Gasteiger partial charge in [0.1, 0.15) is 0 Å². The van der Waals surface area contributed by atoms with E-state index in [-0.39, 0.29) is 0 Å². The molecule has 0 radical (unpaired) electrons. The number of hydrogen-bond acceptors (Lipinski definition) is 4. The summed E-state index contributed by atoms with van der Waals surface area (Å²) in [6.07, 6.45) is 0. The Balaban J connectivity index is 1.98. The average Bonchev–Trinajstić information content (AvgIpc) is 2.86. The molecule has 3 aromatic rings. The van der Waals surface area contributed by atoms with Crippen molar-refractivity contribution in [2.75, 3.05) is 5.32 Å². The van der Waals surface area contributed by atoms with Gasteiger partial charge in [-0.3, -0.25) is 0 Å². The number of para-hydroxylation sites is 1. The molecule has 94 valence electrons. The Hall–Kier alpha value is -1.72. The van der Waals surface area contributed by atoms with Crippen molar-refractivity contribution in [2.24, 2.45) is 0 Å². The van der Waals surface area contributed by atoms with Crippen LogP contribution in [0.4, 0.5) is 10.8 Å². The van der Waals surface area contributed by atoms with E-state index in [0.29, 0.717) is 0 Å². The third kappa shape index (κ3) is 2.83.